The van der Waals surface area contributed by atoms with Gasteiger partial charge in [-0.2, -0.15) is 5.26 Å². The van der Waals surface area contributed by atoms with Crippen molar-refractivity contribution in [2.24, 2.45) is 0 Å². The van der Waals surface area contributed by atoms with Gasteiger partial charge in [0.15, 0.2) is 0 Å². The molecule has 1 rings (SSSR count). The molecule has 0 heterocycles. The molecule has 4 nitrogen and oxygen atoms in total. The number of urea groups is 1. The van der Waals surface area contributed by atoms with Crippen molar-refractivity contribution < 1.29 is 4.79 Å². The second-order valence-corrected chi connectivity index (χ2v) is 4.20. The predicted octanol–water partition coefficient (Wildman–Crippen LogP) is 1.87. The van der Waals surface area contributed by atoms with Crippen LogP contribution >= 0.6 is 0 Å². The highest BCUT2D eigenvalue weighted by molar-refractivity contribution is 5.74. The van der Waals surface area contributed by atoms with Crippen LogP contribution in [0.25, 0.3) is 0 Å². The van der Waals surface area contributed by atoms with Gasteiger partial charge in [-0.15, -0.1) is 0 Å². The average molecular weight is 209 g/mol. The Bertz CT molecular complexity index is 253. The molecular weight excluding hydrogens is 190 g/mol. The average Bonchev–Trinajstić information content (AvgIpc) is 2.28. The van der Waals surface area contributed by atoms with E-state index in [4.69, 9.17) is 5.26 Å². The number of rotatable bonds is 2. The summed E-state index contributed by atoms with van der Waals surface area (Å²) >= 11 is 0. The van der Waals surface area contributed by atoms with Gasteiger partial charge in [0, 0.05) is 13.1 Å². The fraction of sp³-hybridized carbons (Fsp3) is 0.818. The maximum Gasteiger partial charge on any atom is 0.318 e. The lowest BCUT2D eigenvalue weighted by atomic mass is 9.96. The second kappa shape index (κ2) is 5.59. The Morgan fingerprint density at radius 3 is 2.60 bits per heavy atom. The minimum atomic E-state index is -0.367. The molecule has 2 amide bonds. The molecule has 0 aromatic rings. The third-order valence-electron chi connectivity index (χ3n) is 3.02. The molecule has 1 unspecified atom stereocenters. The second-order valence-electron chi connectivity index (χ2n) is 4.20. The van der Waals surface area contributed by atoms with E-state index in [1.54, 1.807) is 14.0 Å². The molecule has 1 N–H and O–H groups in total. The first-order chi connectivity index (χ1) is 7.15. The van der Waals surface area contributed by atoms with E-state index < -0.39 is 0 Å². The monoisotopic (exact) mass is 209 g/mol. The molecule has 1 fully saturated rings. The van der Waals surface area contributed by atoms with Crippen LogP contribution < -0.4 is 5.32 Å². The minimum absolute atomic E-state index is 0.129. The number of hydrogen-bond donors (Lipinski definition) is 1. The molecule has 1 saturated carbocycles. The zero-order chi connectivity index (χ0) is 11.3. The summed E-state index contributed by atoms with van der Waals surface area (Å²) in [7, 11) is 1.66. The van der Waals surface area contributed by atoms with E-state index in [1.807, 2.05) is 6.07 Å². The van der Waals surface area contributed by atoms with Crippen LogP contribution in [-0.4, -0.2) is 30.1 Å². The Labute approximate surface area is 91.2 Å². The van der Waals surface area contributed by atoms with Gasteiger partial charge in [-0.1, -0.05) is 19.3 Å². The van der Waals surface area contributed by atoms with Crippen molar-refractivity contribution in [1.29, 1.82) is 5.26 Å². The predicted molar refractivity (Wildman–Crippen MR) is 58.2 cm³/mol. The van der Waals surface area contributed by atoms with E-state index in [-0.39, 0.29) is 12.1 Å². The molecule has 0 aromatic carbocycles. The summed E-state index contributed by atoms with van der Waals surface area (Å²) in [4.78, 5) is 13.1. The smallest absolute Gasteiger partial charge is 0.318 e. The lowest BCUT2D eigenvalue weighted by Gasteiger charge is -2.27. The molecule has 1 aliphatic rings. The number of amides is 2. The highest BCUT2D eigenvalue weighted by Crippen LogP contribution is 2.17. The maximum atomic E-state index is 11.7. The summed E-state index contributed by atoms with van der Waals surface area (Å²) in [5, 5.41) is 11.7. The highest BCUT2D eigenvalue weighted by atomic mass is 16.2. The SMILES string of the molecule is CC(C#N)N(C)C(=O)NC1CCCCC1. The van der Waals surface area contributed by atoms with Crippen LogP contribution in [0.4, 0.5) is 4.79 Å². The van der Waals surface area contributed by atoms with Crippen LogP contribution in [-0.2, 0) is 0 Å². The fourth-order valence-corrected chi connectivity index (χ4v) is 1.79. The molecule has 1 atom stereocenters. The van der Waals surface area contributed by atoms with Gasteiger partial charge in [0.2, 0.25) is 0 Å². The van der Waals surface area contributed by atoms with Crippen LogP contribution in [0.15, 0.2) is 0 Å². The zero-order valence-electron chi connectivity index (χ0n) is 9.49. The Morgan fingerprint density at radius 2 is 2.07 bits per heavy atom. The number of carbonyl (C=O) groups is 1. The van der Waals surface area contributed by atoms with Crippen molar-refractivity contribution in [1.82, 2.24) is 10.2 Å². The van der Waals surface area contributed by atoms with Gasteiger partial charge in [0.05, 0.1) is 6.07 Å². The summed E-state index contributed by atoms with van der Waals surface area (Å²) in [6.45, 7) is 1.72. The molecular formula is C11H19N3O. The number of hydrogen-bond acceptors (Lipinski definition) is 2. The first-order valence-electron chi connectivity index (χ1n) is 5.58. The van der Waals surface area contributed by atoms with Crippen LogP contribution in [0.1, 0.15) is 39.0 Å². The summed E-state index contributed by atoms with van der Waals surface area (Å²) in [6.07, 6.45) is 5.81. The first kappa shape index (κ1) is 11.8. The molecule has 0 saturated heterocycles. The molecule has 4 heteroatoms. The van der Waals surface area contributed by atoms with Crippen molar-refractivity contribution in [2.75, 3.05) is 7.05 Å². The summed E-state index contributed by atoms with van der Waals surface area (Å²) in [5.74, 6) is 0. The van der Waals surface area contributed by atoms with Gasteiger partial charge in [-0.05, 0) is 19.8 Å². The van der Waals surface area contributed by atoms with Crippen LogP contribution in [0.2, 0.25) is 0 Å². The van der Waals surface area contributed by atoms with Crippen LogP contribution in [0.3, 0.4) is 0 Å². The van der Waals surface area contributed by atoms with E-state index in [0.717, 1.165) is 12.8 Å². The Morgan fingerprint density at radius 1 is 1.47 bits per heavy atom. The number of nitriles is 1. The third kappa shape index (κ3) is 3.43. The number of nitrogens with one attached hydrogen (secondary N) is 1. The lowest BCUT2D eigenvalue weighted by molar-refractivity contribution is 0.195. The van der Waals surface area contributed by atoms with Crippen molar-refractivity contribution in [3.8, 4) is 6.07 Å². The molecule has 0 radical (unpaired) electrons. The van der Waals surface area contributed by atoms with Crippen molar-refractivity contribution >= 4 is 6.03 Å². The van der Waals surface area contributed by atoms with Crippen molar-refractivity contribution in [3.63, 3.8) is 0 Å². The molecule has 0 aliphatic heterocycles. The maximum absolute atomic E-state index is 11.7. The van der Waals surface area contributed by atoms with Crippen LogP contribution in [0, 0.1) is 11.3 Å². The fourth-order valence-electron chi connectivity index (χ4n) is 1.79. The van der Waals surface area contributed by atoms with E-state index in [0.29, 0.717) is 6.04 Å². The van der Waals surface area contributed by atoms with Crippen LogP contribution in [0.5, 0.6) is 0 Å². The van der Waals surface area contributed by atoms with Crippen molar-refractivity contribution in [3.05, 3.63) is 0 Å². The van der Waals surface area contributed by atoms with Gasteiger partial charge in [0.1, 0.15) is 6.04 Å². The summed E-state index contributed by atoms with van der Waals surface area (Å²) in [5.41, 5.74) is 0. The van der Waals surface area contributed by atoms with Gasteiger partial charge in [0.25, 0.3) is 0 Å². The van der Waals surface area contributed by atoms with Crippen molar-refractivity contribution in [2.45, 2.75) is 51.1 Å². The Kier molecular flexibility index (Phi) is 4.41. The molecule has 84 valence electrons. The van der Waals surface area contributed by atoms with Gasteiger partial charge in [-0.25, -0.2) is 4.79 Å². The quantitative estimate of drug-likeness (QED) is 0.754. The minimum Gasteiger partial charge on any atom is -0.335 e. The van der Waals surface area contributed by atoms with Gasteiger partial charge < -0.3 is 10.2 Å². The highest BCUT2D eigenvalue weighted by Gasteiger charge is 2.20. The van der Waals surface area contributed by atoms with E-state index in [1.165, 1.54) is 24.2 Å². The lowest BCUT2D eigenvalue weighted by Crippen LogP contribution is -2.46. The van der Waals surface area contributed by atoms with E-state index in [2.05, 4.69) is 5.32 Å². The van der Waals surface area contributed by atoms with Gasteiger partial charge >= 0.3 is 6.03 Å². The summed E-state index contributed by atoms with van der Waals surface area (Å²) in [6, 6.07) is 1.86. The molecule has 1 aliphatic carbocycles. The Balaban J connectivity index is 2.37. The molecule has 0 aromatic heterocycles. The number of carbonyl (C=O) groups excluding carboxylic acids is 1. The van der Waals surface area contributed by atoms with E-state index in [9.17, 15) is 4.79 Å². The largest absolute Gasteiger partial charge is 0.335 e. The zero-order valence-corrected chi connectivity index (χ0v) is 9.49. The van der Waals surface area contributed by atoms with Gasteiger partial charge in [-0.3, -0.25) is 0 Å². The Hall–Kier alpha value is -1.24. The first-order valence-corrected chi connectivity index (χ1v) is 5.58. The standard InChI is InChI=1S/C11H19N3O/c1-9(8-12)14(2)11(15)13-10-6-4-3-5-7-10/h9-10H,3-7H2,1-2H3,(H,13,15). The normalized spacial score (nSPS) is 19.0. The van der Waals surface area contributed by atoms with E-state index >= 15 is 0 Å². The topological polar surface area (TPSA) is 56.1 Å². The summed E-state index contributed by atoms with van der Waals surface area (Å²) < 4.78 is 0. The molecule has 15 heavy (non-hydrogen) atoms. The molecule has 0 bridgehead atoms. The third-order valence-corrected chi connectivity index (χ3v) is 3.02. The molecule has 0 spiro atoms. The number of nitrogens with zero attached hydrogens (tertiary/aromatic N) is 2.